The second kappa shape index (κ2) is 9.73. The molecule has 0 aromatic heterocycles. The molecule has 0 N–H and O–H groups in total. The predicted octanol–water partition coefficient (Wildman–Crippen LogP) is 2.78. The van der Waals surface area contributed by atoms with Crippen LogP contribution in [0.1, 0.15) is 5.56 Å². The minimum absolute atomic E-state index is 0.252. The van der Waals surface area contributed by atoms with Gasteiger partial charge in [0, 0.05) is 20.2 Å². The molecule has 27 heavy (non-hydrogen) atoms. The lowest BCUT2D eigenvalue weighted by atomic mass is 10.2. The fourth-order valence-electron chi connectivity index (χ4n) is 2.58. The molecule has 0 fully saturated rings. The summed E-state index contributed by atoms with van der Waals surface area (Å²) in [7, 11) is 1.77. The zero-order chi connectivity index (χ0) is 19.9. The van der Waals surface area contributed by atoms with Crippen LogP contribution >= 0.6 is 0 Å². The highest BCUT2D eigenvalue weighted by Crippen LogP contribution is 2.27. The third-order valence-corrected chi connectivity index (χ3v) is 5.90. The van der Waals surface area contributed by atoms with Gasteiger partial charge in [0.05, 0.1) is 17.2 Å². The Morgan fingerprint density at radius 3 is 2.26 bits per heavy atom. The molecule has 0 heterocycles. The number of nitrogens with zero attached hydrogens (tertiary/aromatic N) is 2. The van der Waals surface area contributed by atoms with Crippen molar-refractivity contribution in [3.8, 4) is 5.75 Å². The van der Waals surface area contributed by atoms with Crippen molar-refractivity contribution < 1.29 is 17.9 Å². The highest BCUT2D eigenvalue weighted by Gasteiger charge is 2.25. The van der Waals surface area contributed by atoms with Crippen molar-refractivity contribution in [1.82, 2.24) is 4.90 Å². The Balaban J connectivity index is 2.33. The first-order valence-corrected chi connectivity index (χ1v) is 10.2. The lowest BCUT2D eigenvalue weighted by Gasteiger charge is -2.26. The van der Waals surface area contributed by atoms with Crippen LogP contribution in [-0.2, 0) is 14.8 Å². The molecule has 0 bridgehead atoms. The topological polar surface area (TPSA) is 59.1 Å². The number of aryl methyl sites for hydroxylation is 1. The van der Waals surface area contributed by atoms with Gasteiger partial charge < -0.3 is 14.4 Å². The molecular weight excluding hydrogens is 364 g/mol. The second-order valence-electron chi connectivity index (χ2n) is 6.48. The first-order valence-electron chi connectivity index (χ1n) is 8.81. The summed E-state index contributed by atoms with van der Waals surface area (Å²) in [6, 6.07) is 14.1. The largest absolute Gasteiger partial charge is 0.491 e. The average molecular weight is 393 g/mol. The molecule has 0 saturated heterocycles. The van der Waals surface area contributed by atoms with Gasteiger partial charge in [0.1, 0.15) is 12.4 Å². The van der Waals surface area contributed by atoms with Crippen molar-refractivity contribution >= 4 is 15.7 Å². The first kappa shape index (κ1) is 21.2. The van der Waals surface area contributed by atoms with Crippen LogP contribution < -0.4 is 9.04 Å². The minimum Gasteiger partial charge on any atom is -0.491 e. The van der Waals surface area contributed by atoms with E-state index < -0.39 is 10.0 Å². The highest BCUT2D eigenvalue weighted by atomic mass is 32.2. The van der Waals surface area contributed by atoms with Gasteiger partial charge in [-0.2, -0.15) is 0 Å². The monoisotopic (exact) mass is 392 g/mol. The minimum atomic E-state index is -3.69. The number of anilines is 1. The molecule has 2 rings (SSSR count). The van der Waals surface area contributed by atoms with Crippen LogP contribution in [0, 0.1) is 6.92 Å². The van der Waals surface area contributed by atoms with E-state index in [9.17, 15) is 8.42 Å². The summed E-state index contributed by atoms with van der Waals surface area (Å²) in [5.74, 6) is 0.658. The number of sulfonamides is 1. The predicted molar refractivity (Wildman–Crippen MR) is 108 cm³/mol. The van der Waals surface area contributed by atoms with E-state index in [2.05, 4.69) is 0 Å². The van der Waals surface area contributed by atoms with Crippen LogP contribution in [0.4, 0.5) is 5.69 Å². The van der Waals surface area contributed by atoms with Crippen molar-refractivity contribution in [2.45, 2.75) is 11.8 Å². The summed E-state index contributed by atoms with van der Waals surface area (Å²) in [6.45, 7) is 3.72. The van der Waals surface area contributed by atoms with E-state index >= 15 is 0 Å². The van der Waals surface area contributed by atoms with E-state index in [1.165, 1.54) is 4.31 Å². The molecule has 6 nitrogen and oxygen atoms in total. The summed E-state index contributed by atoms with van der Waals surface area (Å²) in [5.41, 5.74) is 1.42. The van der Waals surface area contributed by atoms with Gasteiger partial charge in [-0.05, 0) is 56.9 Å². The summed E-state index contributed by atoms with van der Waals surface area (Å²) in [6.07, 6.45) is 0. The maximum Gasteiger partial charge on any atom is 0.264 e. The Morgan fingerprint density at radius 1 is 0.963 bits per heavy atom. The van der Waals surface area contributed by atoms with E-state index in [0.29, 0.717) is 37.7 Å². The number of rotatable bonds is 10. The zero-order valence-electron chi connectivity index (χ0n) is 16.4. The normalized spacial score (nSPS) is 11.6. The van der Waals surface area contributed by atoms with Crippen molar-refractivity contribution in [1.29, 1.82) is 0 Å². The van der Waals surface area contributed by atoms with Gasteiger partial charge in [0.2, 0.25) is 0 Å². The van der Waals surface area contributed by atoms with E-state index in [4.69, 9.17) is 9.47 Å². The van der Waals surface area contributed by atoms with Crippen LogP contribution in [0.5, 0.6) is 5.75 Å². The van der Waals surface area contributed by atoms with Crippen molar-refractivity contribution in [3.63, 3.8) is 0 Å². The third kappa shape index (κ3) is 5.69. The molecule has 148 valence electrons. The van der Waals surface area contributed by atoms with E-state index in [-0.39, 0.29) is 4.90 Å². The fourth-order valence-corrected chi connectivity index (χ4v) is 4.12. The molecule has 7 heteroatoms. The molecule has 0 radical (unpaired) electrons. The lowest BCUT2D eigenvalue weighted by Crippen LogP contribution is -2.36. The van der Waals surface area contributed by atoms with Crippen LogP contribution in [0.2, 0.25) is 0 Å². The lowest BCUT2D eigenvalue weighted by molar-refractivity contribution is 0.146. The number of methoxy groups -OCH3 is 1. The molecule has 0 spiro atoms. The Kier molecular flexibility index (Phi) is 7.65. The van der Waals surface area contributed by atoms with Crippen LogP contribution in [-0.4, -0.2) is 60.8 Å². The van der Waals surface area contributed by atoms with Crippen LogP contribution in [0.3, 0.4) is 0 Å². The molecule has 0 aliphatic heterocycles. The van der Waals surface area contributed by atoms with Gasteiger partial charge in [-0.3, -0.25) is 4.31 Å². The maximum atomic E-state index is 13.3. The summed E-state index contributed by atoms with van der Waals surface area (Å²) >= 11 is 0. The molecule has 0 amide bonds. The molecule has 0 atom stereocenters. The SMILES string of the molecule is COCCOc1ccc(S(=O)(=O)N(CCN(C)C)c2ccccc2)cc1C. The number of hydrogen-bond acceptors (Lipinski definition) is 5. The Bertz CT molecular complexity index is 823. The number of ether oxygens (including phenoxy) is 2. The summed E-state index contributed by atoms with van der Waals surface area (Å²) < 4.78 is 38.7. The van der Waals surface area contributed by atoms with E-state index in [1.807, 2.05) is 56.3 Å². The summed E-state index contributed by atoms with van der Waals surface area (Å²) in [5, 5.41) is 0. The number of benzene rings is 2. The highest BCUT2D eigenvalue weighted by molar-refractivity contribution is 7.92. The molecule has 2 aromatic rings. The van der Waals surface area contributed by atoms with Gasteiger partial charge in [-0.25, -0.2) is 8.42 Å². The third-order valence-electron chi connectivity index (χ3n) is 4.07. The smallest absolute Gasteiger partial charge is 0.264 e. The Labute approximate surface area is 162 Å². The second-order valence-corrected chi connectivity index (χ2v) is 8.35. The van der Waals surface area contributed by atoms with Gasteiger partial charge in [0.25, 0.3) is 10.0 Å². The van der Waals surface area contributed by atoms with Gasteiger partial charge in [-0.15, -0.1) is 0 Å². The van der Waals surface area contributed by atoms with Crippen LogP contribution in [0.15, 0.2) is 53.4 Å². The molecule has 0 aliphatic rings. The molecule has 0 aliphatic carbocycles. The molecule has 2 aromatic carbocycles. The molecule has 0 unspecified atom stereocenters. The fraction of sp³-hybridized carbons (Fsp3) is 0.400. The maximum absolute atomic E-state index is 13.3. The Hall–Kier alpha value is -2.09. The Morgan fingerprint density at radius 2 is 1.67 bits per heavy atom. The quantitative estimate of drug-likeness (QED) is 0.582. The molecular formula is C20H28N2O4S. The molecule has 0 saturated carbocycles. The van der Waals surface area contributed by atoms with Crippen molar-refractivity contribution in [2.24, 2.45) is 0 Å². The van der Waals surface area contributed by atoms with Crippen LogP contribution in [0.25, 0.3) is 0 Å². The van der Waals surface area contributed by atoms with E-state index in [1.54, 1.807) is 25.3 Å². The van der Waals surface area contributed by atoms with Crippen molar-refractivity contribution in [2.75, 3.05) is 51.8 Å². The van der Waals surface area contributed by atoms with Gasteiger partial charge >= 0.3 is 0 Å². The van der Waals surface area contributed by atoms with Gasteiger partial charge in [0.15, 0.2) is 0 Å². The average Bonchev–Trinajstić information content (AvgIpc) is 2.63. The standard InChI is InChI=1S/C20H28N2O4S/c1-17-16-19(10-11-20(17)26-15-14-25-4)27(23,24)22(13-12-21(2)3)18-8-6-5-7-9-18/h5-11,16H,12-15H2,1-4H3. The number of para-hydroxylation sites is 1. The summed E-state index contributed by atoms with van der Waals surface area (Å²) in [4.78, 5) is 2.21. The number of hydrogen-bond donors (Lipinski definition) is 0. The number of likely N-dealkylation sites (N-methyl/N-ethyl adjacent to an activating group) is 1. The van der Waals surface area contributed by atoms with Crippen molar-refractivity contribution in [3.05, 3.63) is 54.1 Å². The van der Waals surface area contributed by atoms with E-state index in [0.717, 1.165) is 5.56 Å². The first-order chi connectivity index (χ1) is 12.9. The zero-order valence-corrected chi connectivity index (χ0v) is 17.2. The van der Waals surface area contributed by atoms with Gasteiger partial charge in [-0.1, -0.05) is 18.2 Å².